The Morgan fingerprint density at radius 1 is 0.789 bits per heavy atom. The summed E-state index contributed by atoms with van der Waals surface area (Å²) in [5, 5.41) is 20.8. The number of hydrogen-bond acceptors (Lipinski definition) is 5. The second kappa shape index (κ2) is 11.6. The summed E-state index contributed by atoms with van der Waals surface area (Å²) in [6.07, 6.45) is -1.48. The van der Waals surface area contributed by atoms with Crippen LogP contribution in [-0.2, 0) is 21.8 Å². The van der Waals surface area contributed by atoms with Gasteiger partial charge in [0.25, 0.3) is 0 Å². The van der Waals surface area contributed by atoms with Crippen LogP contribution in [0.4, 0.5) is 4.79 Å². The zero-order valence-corrected chi connectivity index (χ0v) is 21.0. The minimum atomic E-state index is -1.36. The van der Waals surface area contributed by atoms with Crippen LogP contribution in [0.2, 0.25) is 0 Å². The topological polar surface area (TPSA) is 79.2 Å². The van der Waals surface area contributed by atoms with Crippen LogP contribution in [0, 0.1) is 0 Å². The van der Waals surface area contributed by atoms with E-state index in [9.17, 15) is 9.90 Å². The van der Waals surface area contributed by atoms with Crippen molar-refractivity contribution in [3.63, 3.8) is 0 Å². The fourth-order valence-electron chi connectivity index (χ4n) is 5.31. The third kappa shape index (κ3) is 5.48. The first-order valence-corrected chi connectivity index (χ1v) is 12.8. The predicted octanol–water partition coefficient (Wildman–Crippen LogP) is 5.96. The average Bonchev–Trinajstić information content (AvgIpc) is 2.95. The molecule has 0 aliphatic carbocycles. The monoisotopic (exact) mass is 509 g/mol. The quantitative estimate of drug-likeness (QED) is 0.286. The second-order valence-corrected chi connectivity index (χ2v) is 9.52. The summed E-state index contributed by atoms with van der Waals surface area (Å²) in [6.45, 7) is 0.967. The number of aliphatic hydroxyl groups is 1. The molecule has 6 nitrogen and oxygen atoms in total. The van der Waals surface area contributed by atoms with E-state index in [-0.39, 0.29) is 12.5 Å². The number of aliphatic hydroxyl groups excluding tert-OH is 1. The van der Waals surface area contributed by atoms with Gasteiger partial charge in [-0.1, -0.05) is 115 Å². The SMILES string of the molecule is O=C(O)ON1CCC(c2ccc(COC(c3ccccc3)(c3ccccc3)c3ccccc3)cc2)C(O)C1. The molecule has 2 N–H and O–H groups in total. The van der Waals surface area contributed by atoms with Crippen LogP contribution in [0.25, 0.3) is 0 Å². The maximum Gasteiger partial charge on any atom is 0.525 e. The van der Waals surface area contributed by atoms with E-state index in [1.807, 2.05) is 78.9 Å². The molecule has 0 saturated carbocycles. The van der Waals surface area contributed by atoms with E-state index in [2.05, 4.69) is 36.4 Å². The zero-order valence-electron chi connectivity index (χ0n) is 21.0. The van der Waals surface area contributed by atoms with Gasteiger partial charge in [-0.2, -0.15) is 0 Å². The number of benzene rings is 4. The first-order valence-electron chi connectivity index (χ1n) is 12.8. The van der Waals surface area contributed by atoms with Crippen LogP contribution in [0.3, 0.4) is 0 Å². The number of carboxylic acid groups (broad SMARTS) is 1. The van der Waals surface area contributed by atoms with Gasteiger partial charge >= 0.3 is 6.16 Å². The van der Waals surface area contributed by atoms with E-state index < -0.39 is 17.9 Å². The lowest BCUT2D eigenvalue weighted by Crippen LogP contribution is -2.43. The fourth-order valence-corrected chi connectivity index (χ4v) is 5.31. The number of hydroxylamine groups is 2. The van der Waals surface area contributed by atoms with E-state index in [1.165, 1.54) is 5.06 Å². The summed E-state index contributed by atoms with van der Waals surface area (Å²) < 4.78 is 6.90. The normalized spacial score (nSPS) is 18.1. The van der Waals surface area contributed by atoms with Gasteiger partial charge in [0.2, 0.25) is 0 Å². The van der Waals surface area contributed by atoms with Crippen molar-refractivity contribution in [2.24, 2.45) is 0 Å². The van der Waals surface area contributed by atoms with E-state index in [0.717, 1.165) is 27.8 Å². The highest BCUT2D eigenvalue weighted by molar-refractivity contribution is 5.56. The Morgan fingerprint density at radius 2 is 1.29 bits per heavy atom. The van der Waals surface area contributed by atoms with Crippen LogP contribution in [0.15, 0.2) is 115 Å². The summed E-state index contributed by atoms with van der Waals surface area (Å²) >= 11 is 0. The van der Waals surface area contributed by atoms with E-state index >= 15 is 0 Å². The molecule has 1 saturated heterocycles. The standard InChI is InChI=1S/C32H31NO5/c34-30-22-33(38-31(35)36)21-20-29(30)25-18-16-24(17-19-25)23-37-32(26-10-4-1-5-11-26,27-12-6-2-7-13-27)28-14-8-3-9-15-28/h1-19,29-30,34H,20-23H2,(H,35,36). The molecule has 38 heavy (non-hydrogen) atoms. The average molecular weight is 510 g/mol. The van der Waals surface area contributed by atoms with Crippen LogP contribution in [0.5, 0.6) is 0 Å². The van der Waals surface area contributed by atoms with Crippen molar-refractivity contribution >= 4 is 6.16 Å². The van der Waals surface area contributed by atoms with Crippen LogP contribution < -0.4 is 0 Å². The first-order chi connectivity index (χ1) is 18.6. The molecule has 6 heteroatoms. The lowest BCUT2D eigenvalue weighted by atomic mass is 9.80. The molecule has 0 spiro atoms. The number of nitrogens with zero attached hydrogens (tertiary/aromatic N) is 1. The Balaban J connectivity index is 1.40. The third-order valence-electron chi connectivity index (χ3n) is 7.16. The molecule has 4 aromatic carbocycles. The molecule has 0 amide bonds. The molecule has 194 valence electrons. The summed E-state index contributed by atoms with van der Waals surface area (Å²) in [5.41, 5.74) is 4.38. The zero-order chi connectivity index (χ0) is 26.4. The van der Waals surface area contributed by atoms with Gasteiger partial charge in [0.15, 0.2) is 0 Å². The molecule has 0 aromatic heterocycles. The lowest BCUT2D eigenvalue weighted by Gasteiger charge is -2.36. The van der Waals surface area contributed by atoms with Gasteiger partial charge < -0.3 is 19.8 Å². The fraction of sp³-hybridized carbons (Fsp3) is 0.219. The highest BCUT2D eigenvalue weighted by Crippen LogP contribution is 2.41. The van der Waals surface area contributed by atoms with Crippen LogP contribution in [0.1, 0.15) is 40.2 Å². The molecule has 1 aliphatic rings. The Bertz CT molecular complexity index is 1220. The number of carbonyl (C=O) groups is 1. The molecule has 1 fully saturated rings. The number of piperidine rings is 1. The van der Waals surface area contributed by atoms with Gasteiger partial charge in [-0.15, -0.1) is 5.06 Å². The van der Waals surface area contributed by atoms with Gasteiger partial charge in [0.05, 0.1) is 19.3 Å². The Kier molecular flexibility index (Phi) is 7.84. The van der Waals surface area contributed by atoms with Crippen molar-refractivity contribution < 1.29 is 24.6 Å². The Labute approximate surface area is 222 Å². The maximum absolute atomic E-state index is 10.8. The van der Waals surface area contributed by atoms with Crippen molar-refractivity contribution in [2.75, 3.05) is 13.1 Å². The second-order valence-electron chi connectivity index (χ2n) is 9.52. The van der Waals surface area contributed by atoms with Crippen molar-refractivity contribution in [1.82, 2.24) is 5.06 Å². The van der Waals surface area contributed by atoms with Gasteiger partial charge in [-0.05, 0) is 34.2 Å². The molecular weight excluding hydrogens is 478 g/mol. The minimum absolute atomic E-state index is 0.0874. The molecule has 4 aromatic rings. The highest BCUT2D eigenvalue weighted by Gasteiger charge is 2.37. The van der Waals surface area contributed by atoms with Crippen molar-refractivity contribution in [3.8, 4) is 0 Å². The summed E-state index contributed by atoms with van der Waals surface area (Å²) in [7, 11) is 0. The number of rotatable bonds is 8. The molecular formula is C32H31NO5. The van der Waals surface area contributed by atoms with Crippen LogP contribution >= 0.6 is 0 Å². The Morgan fingerprint density at radius 3 is 1.74 bits per heavy atom. The number of β-amino-alcohol motifs (C(OH)–C–C–N with tert-alkyl or cyclic N) is 1. The van der Waals surface area contributed by atoms with Crippen molar-refractivity contribution in [3.05, 3.63) is 143 Å². The molecule has 5 rings (SSSR count). The van der Waals surface area contributed by atoms with E-state index in [1.54, 1.807) is 0 Å². The highest BCUT2D eigenvalue weighted by atomic mass is 16.8. The molecule has 1 heterocycles. The molecule has 0 bridgehead atoms. The smallest absolute Gasteiger partial charge is 0.448 e. The van der Waals surface area contributed by atoms with Gasteiger partial charge in [-0.3, -0.25) is 0 Å². The van der Waals surface area contributed by atoms with Crippen molar-refractivity contribution in [1.29, 1.82) is 0 Å². The predicted molar refractivity (Wildman–Crippen MR) is 144 cm³/mol. The maximum atomic E-state index is 10.8. The van der Waals surface area contributed by atoms with E-state index in [4.69, 9.17) is 14.7 Å². The summed E-state index contributed by atoms with van der Waals surface area (Å²) in [5.74, 6) is -0.0874. The van der Waals surface area contributed by atoms with Gasteiger partial charge in [0, 0.05) is 12.5 Å². The first kappa shape index (κ1) is 25.7. The summed E-state index contributed by atoms with van der Waals surface area (Å²) in [4.78, 5) is 15.5. The molecule has 1 aliphatic heterocycles. The summed E-state index contributed by atoms with van der Waals surface area (Å²) in [6, 6.07) is 39.0. The largest absolute Gasteiger partial charge is 0.525 e. The molecule has 2 unspecified atom stereocenters. The van der Waals surface area contributed by atoms with Crippen LogP contribution in [-0.4, -0.2) is 40.6 Å². The molecule has 0 radical (unpaired) electrons. The third-order valence-corrected chi connectivity index (χ3v) is 7.16. The lowest BCUT2D eigenvalue weighted by molar-refractivity contribution is -0.154. The molecule has 2 atom stereocenters. The van der Waals surface area contributed by atoms with Crippen molar-refractivity contribution in [2.45, 2.75) is 30.7 Å². The number of ether oxygens (including phenoxy) is 1. The minimum Gasteiger partial charge on any atom is -0.448 e. The number of hydrogen-bond donors (Lipinski definition) is 2. The van der Waals surface area contributed by atoms with E-state index in [0.29, 0.717) is 19.6 Å². The van der Waals surface area contributed by atoms with Gasteiger partial charge in [-0.25, -0.2) is 4.79 Å². The van der Waals surface area contributed by atoms with Gasteiger partial charge in [0.1, 0.15) is 5.60 Å². The Hall–Kier alpha value is -3.97.